The van der Waals surface area contributed by atoms with E-state index in [9.17, 15) is 9.59 Å². The molecule has 2 atom stereocenters. The molecule has 1 saturated carbocycles. The second-order valence-electron chi connectivity index (χ2n) is 6.05. The average Bonchev–Trinajstić information content (AvgIpc) is 2.91. The SMILES string of the molecule is CCCC1(C(=O)OC)CCCC1OC(=O)c1ccc(C)cc1. The van der Waals surface area contributed by atoms with Gasteiger partial charge in [0.1, 0.15) is 11.5 Å². The highest BCUT2D eigenvalue weighted by atomic mass is 16.6. The molecule has 2 unspecified atom stereocenters. The van der Waals surface area contributed by atoms with Gasteiger partial charge < -0.3 is 9.47 Å². The summed E-state index contributed by atoms with van der Waals surface area (Å²) in [6.07, 6.45) is 3.46. The largest absolute Gasteiger partial charge is 0.468 e. The van der Waals surface area contributed by atoms with Crippen LogP contribution < -0.4 is 0 Å². The van der Waals surface area contributed by atoms with Gasteiger partial charge in [-0.25, -0.2) is 4.79 Å². The van der Waals surface area contributed by atoms with E-state index >= 15 is 0 Å². The van der Waals surface area contributed by atoms with Gasteiger partial charge in [-0.2, -0.15) is 0 Å². The summed E-state index contributed by atoms with van der Waals surface area (Å²) in [5.41, 5.74) is 0.934. The molecule has 2 rings (SSSR count). The van der Waals surface area contributed by atoms with Crippen LogP contribution in [0, 0.1) is 12.3 Å². The Kier molecular flexibility index (Phi) is 5.22. The minimum absolute atomic E-state index is 0.256. The van der Waals surface area contributed by atoms with E-state index in [1.54, 1.807) is 12.1 Å². The molecule has 1 aliphatic rings. The van der Waals surface area contributed by atoms with Crippen molar-refractivity contribution in [3.63, 3.8) is 0 Å². The Bertz CT molecular complexity index is 535. The van der Waals surface area contributed by atoms with Crippen LogP contribution in [0.25, 0.3) is 0 Å². The highest BCUT2D eigenvalue weighted by Crippen LogP contribution is 2.45. The van der Waals surface area contributed by atoms with Crippen LogP contribution in [0.1, 0.15) is 54.9 Å². The van der Waals surface area contributed by atoms with Crippen molar-refractivity contribution in [1.29, 1.82) is 0 Å². The lowest BCUT2D eigenvalue weighted by atomic mass is 9.79. The molecule has 22 heavy (non-hydrogen) atoms. The number of rotatable bonds is 5. The van der Waals surface area contributed by atoms with Crippen molar-refractivity contribution in [2.45, 2.75) is 52.1 Å². The number of carbonyl (C=O) groups is 2. The smallest absolute Gasteiger partial charge is 0.338 e. The van der Waals surface area contributed by atoms with E-state index in [2.05, 4.69) is 0 Å². The van der Waals surface area contributed by atoms with Crippen LogP contribution in [-0.4, -0.2) is 25.2 Å². The van der Waals surface area contributed by atoms with E-state index in [4.69, 9.17) is 9.47 Å². The lowest BCUT2D eigenvalue weighted by molar-refractivity contribution is -0.159. The summed E-state index contributed by atoms with van der Waals surface area (Å²) in [5, 5.41) is 0. The molecule has 1 aromatic rings. The fourth-order valence-electron chi connectivity index (χ4n) is 3.37. The predicted octanol–water partition coefficient (Wildman–Crippen LogP) is 3.66. The topological polar surface area (TPSA) is 52.6 Å². The van der Waals surface area contributed by atoms with Gasteiger partial charge in [0.05, 0.1) is 12.7 Å². The zero-order valence-corrected chi connectivity index (χ0v) is 13.6. The first kappa shape index (κ1) is 16.5. The van der Waals surface area contributed by atoms with Gasteiger partial charge in [-0.3, -0.25) is 4.79 Å². The van der Waals surface area contributed by atoms with Gasteiger partial charge in [0.2, 0.25) is 0 Å². The molecule has 0 aromatic heterocycles. The van der Waals surface area contributed by atoms with Crippen LogP contribution in [0.5, 0.6) is 0 Å². The zero-order valence-electron chi connectivity index (χ0n) is 13.6. The number of hydrogen-bond donors (Lipinski definition) is 0. The van der Waals surface area contributed by atoms with Crippen LogP contribution in [0.15, 0.2) is 24.3 Å². The van der Waals surface area contributed by atoms with Crippen molar-refractivity contribution in [2.24, 2.45) is 5.41 Å². The number of hydrogen-bond acceptors (Lipinski definition) is 4. The highest BCUT2D eigenvalue weighted by molar-refractivity contribution is 5.90. The van der Waals surface area contributed by atoms with E-state index in [-0.39, 0.29) is 11.9 Å². The monoisotopic (exact) mass is 304 g/mol. The second-order valence-corrected chi connectivity index (χ2v) is 6.05. The van der Waals surface area contributed by atoms with Gasteiger partial charge in [0, 0.05) is 0 Å². The molecule has 0 saturated heterocycles. The van der Waals surface area contributed by atoms with Crippen LogP contribution in [0.3, 0.4) is 0 Å². The Morgan fingerprint density at radius 3 is 2.55 bits per heavy atom. The van der Waals surface area contributed by atoms with Gasteiger partial charge >= 0.3 is 11.9 Å². The molecule has 0 N–H and O–H groups in total. The maximum Gasteiger partial charge on any atom is 0.338 e. The van der Waals surface area contributed by atoms with E-state index in [0.29, 0.717) is 18.4 Å². The molecule has 120 valence electrons. The Labute approximate surface area is 131 Å². The van der Waals surface area contributed by atoms with Crippen molar-refractivity contribution in [2.75, 3.05) is 7.11 Å². The first-order chi connectivity index (χ1) is 10.5. The van der Waals surface area contributed by atoms with Crippen molar-refractivity contribution < 1.29 is 19.1 Å². The second kappa shape index (κ2) is 6.95. The van der Waals surface area contributed by atoms with Crippen molar-refractivity contribution in [3.8, 4) is 0 Å². The minimum Gasteiger partial charge on any atom is -0.468 e. The molecule has 0 amide bonds. The Balaban J connectivity index is 2.17. The van der Waals surface area contributed by atoms with Crippen LogP contribution in [0.4, 0.5) is 0 Å². The molecule has 1 fully saturated rings. The lowest BCUT2D eigenvalue weighted by Crippen LogP contribution is -2.41. The maximum atomic E-state index is 12.3. The summed E-state index contributed by atoms with van der Waals surface area (Å²) in [5.74, 6) is -0.621. The van der Waals surface area contributed by atoms with Crippen molar-refractivity contribution in [1.82, 2.24) is 0 Å². The van der Waals surface area contributed by atoms with Gasteiger partial charge in [-0.15, -0.1) is 0 Å². The van der Waals surface area contributed by atoms with E-state index < -0.39 is 11.5 Å². The molecule has 0 radical (unpaired) electrons. The van der Waals surface area contributed by atoms with Crippen molar-refractivity contribution in [3.05, 3.63) is 35.4 Å². The quantitative estimate of drug-likeness (QED) is 0.779. The van der Waals surface area contributed by atoms with E-state index in [1.165, 1.54) is 7.11 Å². The number of aryl methyl sites for hydroxylation is 1. The van der Waals surface area contributed by atoms with Gasteiger partial charge in [-0.1, -0.05) is 31.0 Å². The molecule has 0 bridgehead atoms. The summed E-state index contributed by atoms with van der Waals surface area (Å²) in [6.45, 7) is 4.00. The Morgan fingerprint density at radius 1 is 1.27 bits per heavy atom. The fourth-order valence-corrected chi connectivity index (χ4v) is 3.37. The molecular formula is C18H24O4. The number of methoxy groups -OCH3 is 1. The molecule has 0 spiro atoms. The molecule has 1 aliphatic carbocycles. The highest BCUT2D eigenvalue weighted by Gasteiger charge is 2.51. The molecule has 0 heterocycles. The van der Waals surface area contributed by atoms with Crippen molar-refractivity contribution >= 4 is 11.9 Å². The van der Waals surface area contributed by atoms with Crippen LogP contribution in [0.2, 0.25) is 0 Å². The predicted molar refractivity (Wildman–Crippen MR) is 83.6 cm³/mol. The Morgan fingerprint density at radius 2 is 1.95 bits per heavy atom. The summed E-state index contributed by atoms with van der Waals surface area (Å²) in [7, 11) is 1.40. The standard InChI is InChI=1S/C18H24O4/c1-4-11-18(17(20)21-3)12-5-6-15(18)22-16(19)14-9-7-13(2)8-10-14/h7-10,15H,4-6,11-12H2,1-3H3. The number of carbonyl (C=O) groups excluding carboxylic acids is 2. The summed E-state index contributed by atoms with van der Waals surface area (Å²) < 4.78 is 10.7. The number of esters is 2. The molecule has 4 heteroatoms. The normalized spacial score (nSPS) is 24.0. The van der Waals surface area contributed by atoms with E-state index in [0.717, 1.165) is 24.8 Å². The van der Waals surface area contributed by atoms with Gasteiger partial charge in [-0.05, 0) is 44.7 Å². The van der Waals surface area contributed by atoms with E-state index in [1.807, 2.05) is 26.0 Å². The third-order valence-electron chi connectivity index (χ3n) is 4.53. The summed E-state index contributed by atoms with van der Waals surface area (Å²) in [6, 6.07) is 7.27. The van der Waals surface area contributed by atoms with Gasteiger partial charge in [0.25, 0.3) is 0 Å². The molecular weight excluding hydrogens is 280 g/mol. The average molecular weight is 304 g/mol. The first-order valence-electron chi connectivity index (χ1n) is 7.89. The van der Waals surface area contributed by atoms with Gasteiger partial charge in [0.15, 0.2) is 0 Å². The molecule has 0 aliphatic heterocycles. The third-order valence-corrected chi connectivity index (χ3v) is 4.53. The minimum atomic E-state index is -0.677. The third kappa shape index (κ3) is 3.16. The maximum absolute atomic E-state index is 12.3. The molecule has 1 aromatic carbocycles. The zero-order chi connectivity index (χ0) is 16.2. The lowest BCUT2D eigenvalue weighted by Gasteiger charge is -2.32. The van der Waals surface area contributed by atoms with Crippen LogP contribution in [-0.2, 0) is 14.3 Å². The fraction of sp³-hybridized carbons (Fsp3) is 0.556. The first-order valence-corrected chi connectivity index (χ1v) is 7.89. The molecule has 4 nitrogen and oxygen atoms in total. The van der Waals surface area contributed by atoms with Crippen LogP contribution >= 0.6 is 0 Å². The Hall–Kier alpha value is -1.84. The number of benzene rings is 1. The summed E-state index contributed by atoms with van der Waals surface area (Å²) in [4.78, 5) is 24.6. The summed E-state index contributed by atoms with van der Waals surface area (Å²) >= 11 is 0. The number of ether oxygens (including phenoxy) is 2.